The number of hydrogen-bond donors (Lipinski definition) is 1. The van der Waals surface area contributed by atoms with Crippen LogP contribution >= 0.6 is 0 Å². The molecule has 3 aromatic rings. The second-order valence-corrected chi connectivity index (χ2v) is 8.64. The first-order valence-electron chi connectivity index (χ1n) is 8.50. The topological polar surface area (TPSA) is 75.2 Å². The third kappa shape index (κ3) is 3.54. The van der Waals surface area contributed by atoms with Crippen LogP contribution in [0.4, 0.5) is 5.95 Å². The second-order valence-electron chi connectivity index (χ2n) is 6.65. The maximum atomic E-state index is 11.4. The van der Waals surface area contributed by atoms with Gasteiger partial charge in [-0.15, -0.1) is 0 Å². The lowest BCUT2D eigenvalue weighted by Gasteiger charge is -2.37. The molecule has 2 heterocycles. The van der Waals surface area contributed by atoms with Crippen LogP contribution < -0.4 is 5.32 Å². The highest BCUT2D eigenvalue weighted by Crippen LogP contribution is 2.24. The van der Waals surface area contributed by atoms with Gasteiger partial charge in [-0.05, 0) is 22.9 Å². The molecule has 1 aliphatic rings. The predicted molar refractivity (Wildman–Crippen MR) is 103 cm³/mol. The molecular weight excluding hydrogens is 348 g/mol. The maximum Gasteiger partial charge on any atom is 0.223 e. The molecule has 26 heavy (non-hydrogen) atoms. The molecule has 0 bridgehead atoms. The van der Waals surface area contributed by atoms with Crippen LogP contribution in [0.1, 0.15) is 0 Å². The minimum atomic E-state index is -3.07. The van der Waals surface area contributed by atoms with Gasteiger partial charge in [-0.2, -0.15) is 0 Å². The van der Waals surface area contributed by atoms with E-state index in [1.54, 1.807) is 6.20 Å². The molecule has 1 fully saturated rings. The summed E-state index contributed by atoms with van der Waals surface area (Å²) in [7, 11) is -3.07. The van der Waals surface area contributed by atoms with Crippen molar-refractivity contribution < 1.29 is 8.42 Å². The van der Waals surface area contributed by atoms with Gasteiger partial charge in [0.2, 0.25) is 16.0 Å². The van der Waals surface area contributed by atoms with E-state index in [2.05, 4.69) is 45.6 Å². The molecule has 7 heteroatoms. The van der Waals surface area contributed by atoms with Gasteiger partial charge in [0.15, 0.2) is 0 Å². The highest BCUT2D eigenvalue weighted by atomic mass is 32.2. The summed E-state index contributed by atoms with van der Waals surface area (Å²) < 4.78 is 24.3. The molecule has 0 spiro atoms. The van der Waals surface area contributed by atoms with Crippen molar-refractivity contribution in [3.8, 4) is 11.3 Å². The summed E-state index contributed by atoms with van der Waals surface area (Å²) in [4.78, 5) is 8.87. The lowest BCUT2D eigenvalue weighted by atomic mass is 10.0. The van der Waals surface area contributed by atoms with Crippen LogP contribution in [0.25, 0.3) is 22.0 Å². The number of anilines is 1. The van der Waals surface area contributed by atoms with E-state index in [0.29, 0.717) is 25.6 Å². The molecule has 0 saturated carbocycles. The van der Waals surface area contributed by atoms with E-state index in [4.69, 9.17) is 0 Å². The van der Waals surface area contributed by atoms with Crippen molar-refractivity contribution in [1.29, 1.82) is 0 Å². The van der Waals surface area contributed by atoms with Crippen molar-refractivity contribution in [2.75, 3.05) is 31.2 Å². The molecule has 0 aliphatic carbocycles. The number of hydrogen-bond acceptors (Lipinski definition) is 5. The van der Waals surface area contributed by atoms with E-state index in [9.17, 15) is 8.42 Å². The number of nitrogens with zero attached hydrogens (tertiary/aromatic N) is 3. The van der Waals surface area contributed by atoms with Crippen molar-refractivity contribution in [2.45, 2.75) is 0 Å². The number of rotatable bonds is 5. The number of nitrogens with one attached hydrogen (secondary N) is 1. The molecule has 0 atom stereocenters. The SMILES string of the molecule is CS(=O)(=O)N1CC(CNc2nccc(-c3ccc4ccccc4c3)n2)C1. The third-order valence-corrected chi connectivity index (χ3v) is 5.88. The highest BCUT2D eigenvalue weighted by Gasteiger charge is 2.32. The molecule has 0 radical (unpaired) electrons. The van der Waals surface area contributed by atoms with Crippen molar-refractivity contribution in [2.24, 2.45) is 5.92 Å². The number of aromatic nitrogens is 2. The van der Waals surface area contributed by atoms with Gasteiger partial charge < -0.3 is 5.32 Å². The summed E-state index contributed by atoms with van der Waals surface area (Å²) >= 11 is 0. The molecule has 1 aliphatic heterocycles. The van der Waals surface area contributed by atoms with Gasteiger partial charge in [0, 0.05) is 37.3 Å². The Morgan fingerprint density at radius 3 is 2.65 bits per heavy atom. The Labute approximate surface area is 152 Å². The summed E-state index contributed by atoms with van der Waals surface area (Å²) in [6, 6.07) is 16.4. The maximum absolute atomic E-state index is 11.4. The Bertz CT molecular complexity index is 1050. The quantitative estimate of drug-likeness (QED) is 0.749. The minimum absolute atomic E-state index is 0.289. The zero-order valence-electron chi connectivity index (χ0n) is 14.5. The molecule has 0 amide bonds. The van der Waals surface area contributed by atoms with E-state index >= 15 is 0 Å². The van der Waals surface area contributed by atoms with Gasteiger partial charge in [-0.3, -0.25) is 0 Å². The molecule has 6 nitrogen and oxygen atoms in total. The van der Waals surface area contributed by atoms with Crippen LogP contribution in [0.3, 0.4) is 0 Å². The molecule has 4 rings (SSSR count). The minimum Gasteiger partial charge on any atom is -0.354 e. The Kier molecular flexibility index (Phi) is 4.34. The molecule has 1 aromatic heterocycles. The third-order valence-electron chi connectivity index (χ3n) is 4.64. The Balaban J connectivity index is 1.45. The largest absolute Gasteiger partial charge is 0.354 e. The fraction of sp³-hybridized carbons (Fsp3) is 0.263. The van der Waals surface area contributed by atoms with E-state index in [0.717, 1.165) is 11.3 Å². The van der Waals surface area contributed by atoms with Crippen LogP contribution in [0.5, 0.6) is 0 Å². The van der Waals surface area contributed by atoms with Gasteiger partial charge in [0.1, 0.15) is 0 Å². The van der Waals surface area contributed by atoms with Crippen LogP contribution in [0.2, 0.25) is 0 Å². The average molecular weight is 368 g/mol. The first-order chi connectivity index (χ1) is 12.5. The lowest BCUT2D eigenvalue weighted by molar-refractivity contribution is 0.213. The molecule has 1 saturated heterocycles. The standard InChI is InChI=1S/C19H20N4O2S/c1-26(24,25)23-12-14(13-23)11-21-19-20-9-8-18(22-19)17-7-6-15-4-2-3-5-16(15)10-17/h2-10,14H,11-13H2,1H3,(H,20,21,22). The van der Waals surface area contributed by atoms with E-state index in [1.807, 2.05) is 18.2 Å². The second kappa shape index (κ2) is 6.66. The van der Waals surface area contributed by atoms with Crippen LogP contribution in [-0.4, -0.2) is 48.6 Å². The summed E-state index contributed by atoms with van der Waals surface area (Å²) in [5.41, 5.74) is 1.90. The van der Waals surface area contributed by atoms with Crippen molar-refractivity contribution in [1.82, 2.24) is 14.3 Å². The van der Waals surface area contributed by atoms with Crippen molar-refractivity contribution >= 4 is 26.7 Å². The van der Waals surface area contributed by atoms with E-state index in [-0.39, 0.29) is 5.92 Å². The van der Waals surface area contributed by atoms with E-state index < -0.39 is 10.0 Å². The zero-order chi connectivity index (χ0) is 18.1. The van der Waals surface area contributed by atoms with E-state index in [1.165, 1.54) is 21.3 Å². The van der Waals surface area contributed by atoms with Crippen molar-refractivity contribution in [3.63, 3.8) is 0 Å². The monoisotopic (exact) mass is 368 g/mol. The first kappa shape index (κ1) is 16.9. The van der Waals surface area contributed by atoms with Gasteiger partial charge in [0.25, 0.3) is 0 Å². The summed E-state index contributed by atoms with van der Waals surface area (Å²) in [6.07, 6.45) is 2.98. The molecular formula is C19H20N4O2S. The fourth-order valence-corrected chi connectivity index (χ4v) is 4.07. The lowest BCUT2D eigenvalue weighted by Crippen LogP contribution is -2.51. The smallest absolute Gasteiger partial charge is 0.223 e. The Hall–Kier alpha value is -2.51. The first-order valence-corrected chi connectivity index (χ1v) is 10.3. The predicted octanol–water partition coefficient (Wildman–Crippen LogP) is 2.60. The zero-order valence-corrected chi connectivity index (χ0v) is 15.3. The van der Waals surface area contributed by atoms with Crippen LogP contribution in [-0.2, 0) is 10.0 Å². The number of benzene rings is 2. The Morgan fingerprint density at radius 2 is 1.88 bits per heavy atom. The normalized spacial score (nSPS) is 15.7. The highest BCUT2D eigenvalue weighted by molar-refractivity contribution is 7.88. The molecule has 134 valence electrons. The van der Waals surface area contributed by atoms with Gasteiger partial charge in [-0.25, -0.2) is 22.7 Å². The molecule has 0 unspecified atom stereocenters. The summed E-state index contributed by atoms with van der Waals surface area (Å²) in [6.45, 7) is 1.76. The fourth-order valence-electron chi connectivity index (χ4n) is 3.11. The molecule has 2 aromatic carbocycles. The van der Waals surface area contributed by atoms with Crippen LogP contribution in [0, 0.1) is 5.92 Å². The van der Waals surface area contributed by atoms with Gasteiger partial charge in [0.05, 0.1) is 11.9 Å². The number of sulfonamides is 1. The van der Waals surface area contributed by atoms with Crippen molar-refractivity contribution in [3.05, 3.63) is 54.7 Å². The summed E-state index contributed by atoms with van der Waals surface area (Å²) in [5, 5.41) is 5.59. The Morgan fingerprint density at radius 1 is 1.12 bits per heavy atom. The molecule has 1 N–H and O–H groups in total. The summed E-state index contributed by atoms with van der Waals surface area (Å²) in [5.74, 6) is 0.853. The average Bonchev–Trinajstić information content (AvgIpc) is 2.59. The van der Waals surface area contributed by atoms with Gasteiger partial charge in [-0.1, -0.05) is 36.4 Å². The number of fused-ring (bicyclic) bond motifs is 1. The van der Waals surface area contributed by atoms with Crippen LogP contribution in [0.15, 0.2) is 54.7 Å². The van der Waals surface area contributed by atoms with Gasteiger partial charge >= 0.3 is 0 Å².